The van der Waals surface area contributed by atoms with Gasteiger partial charge in [-0.3, -0.25) is 9.80 Å². The maximum absolute atomic E-state index is 13.8. The van der Waals surface area contributed by atoms with Crippen molar-refractivity contribution in [3.63, 3.8) is 0 Å². The maximum atomic E-state index is 13.8. The van der Waals surface area contributed by atoms with Crippen molar-refractivity contribution in [2.75, 3.05) is 26.2 Å². The predicted molar refractivity (Wildman–Crippen MR) is 81.4 cm³/mol. The number of halogens is 3. The van der Waals surface area contributed by atoms with Crippen molar-refractivity contribution >= 4 is 0 Å². The highest BCUT2D eigenvalue weighted by Crippen LogP contribution is 2.30. The quantitative estimate of drug-likeness (QED) is 0.864. The van der Waals surface area contributed by atoms with E-state index in [1.165, 1.54) is 0 Å². The van der Waals surface area contributed by atoms with Crippen molar-refractivity contribution in [2.24, 2.45) is 0 Å². The molecule has 3 rings (SSSR count). The molecule has 2 fully saturated rings. The zero-order valence-electron chi connectivity index (χ0n) is 13.4. The molecule has 0 aliphatic carbocycles. The van der Waals surface area contributed by atoms with Gasteiger partial charge in [-0.1, -0.05) is 0 Å². The van der Waals surface area contributed by atoms with Gasteiger partial charge in [-0.15, -0.1) is 0 Å². The largest absolute Gasteiger partial charge is 0.388 e. The van der Waals surface area contributed by atoms with Crippen molar-refractivity contribution in [1.29, 1.82) is 0 Å². The van der Waals surface area contributed by atoms with Gasteiger partial charge in [0.1, 0.15) is 5.82 Å². The minimum Gasteiger partial charge on any atom is -0.388 e. The van der Waals surface area contributed by atoms with E-state index < -0.39 is 23.1 Å². The van der Waals surface area contributed by atoms with Crippen molar-refractivity contribution in [2.45, 2.75) is 44.4 Å². The minimum atomic E-state index is -1.16. The number of nitrogens with zero attached hydrogens (tertiary/aromatic N) is 2. The highest BCUT2D eigenvalue weighted by atomic mass is 19.2. The average Bonchev–Trinajstić information content (AvgIpc) is 3.00. The number of aliphatic hydroxyl groups is 1. The van der Waals surface area contributed by atoms with E-state index in [4.69, 9.17) is 0 Å². The standard InChI is InChI=1S/C17H23F3N2O/c1-17(23)4-7-21(11-16(17)22-5-2-3-6-22)10-12-8-14(19)15(20)9-13(12)18/h8-9,16,23H,2-7,10-11H2,1H3. The van der Waals surface area contributed by atoms with Crippen LogP contribution in [0.5, 0.6) is 0 Å². The highest BCUT2D eigenvalue weighted by Gasteiger charge is 2.41. The Morgan fingerprint density at radius 2 is 1.74 bits per heavy atom. The molecule has 3 nitrogen and oxygen atoms in total. The van der Waals surface area contributed by atoms with Crippen molar-refractivity contribution in [1.82, 2.24) is 9.80 Å². The maximum Gasteiger partial charge on any atom is 0.161 e. The molecule has 2 heterocycles. The molecule has 1 aromatic carbocycles. The number of benzene rings is 1. The molecule has 6 heteroatoms. The van der Waals surface area contributed by atoms with Gasteiger partial charge in [0.05, 0.1) is 11.6 Å². The molecule has 0 radical (unpaired) electrons. The van der Waals surface area contributed by atoms with Crippen LogP contribution in [0.2, 0.25) is 0 Å². The third-order valence-corrected chi connectivity index (χ3v) is 5.15. The van der Waals surface area contributed by atoms with Gasteiger partial charge >= 0.3 is 0 Å². The van der Waals surface area contributed by atoms with Gasteiger partial charge in [0.25, 0.3) is 0 Å². The first-order valence-corrected chi connectivity index (χ1v) is 8.19. The molecule has 23 heavy (non-hydrogen) atoms. The van der Waals surface area contributed by atoms with Gasteiger partial charge in [0, 0.05) is 31.3 Å². The predicted octanol–water partition coefficient (Wildman–Crippen LogP) is 2.53. The van der Waals surface area contributed by atoms with Crippen LogP contribution < -0.4 is 0 Å². The Hall–Kier alpha value is -1.11. The fourth-order valence-electron chi connectivity index (χ4n) is 3.72. The molecule has 0 spiro atoms. The first-order valence-electron chi connectivity index (χ1n) is 8.19. The van der Waals surface area contributed by atoms with Crippen LogP contribution in [0.3, 0.4) is 0 Å². The summed E-state index contributed by atoms with van der Waals surface area (Å²) in [4.78, 5) is 4.30. The van der Waals surface area contributed by atoms with Crippen LogP contribution in [-0.2, 0) is 6.54 Å². The van der Waals surface area contributed by atoms with E-state index in [9.17, 15) is 18.3 Å². The average molecular weight is 328 g/mol. The summed E-state index contributed by atoms with van der Waals surface area (Å²) in [5.74, 6) is -2.91. The third-order valence-electron chi connectivity index (χ3n) is 5.15. The van der Waals surface area contributed by atoms with E-state index in [0.29, 0.717) is 25.6 Å². The molecule has 0 saturated carbocycles. The first-order chi connectivity index (χ1) is 10.9. The second kappa shape index (κ2) is 6.42. The Morgan fingerprint density at radius 1 is 1.09 bits per heavy atom. The smallest absolute Gasteiger partial charge is 0.161 e. The number of hydrogen-bond donors (Lipinski definition) is 1. The zero-order valence-corrected chi connectivity index (χ0v) is 13.4. The molecule has 2 atom stereocenters. The van der Waals surface area contributed by atoms with Crippen LogP contribution in [0.15, 0.2) is 12.1 Å². The molecule has 128 valence electrons. The molecular weight excluding hydrogens is 305 g/mol. The SMILES string of the molecule is CC1(O)CCN(Cc2cc(F)c(F)cc2F)CC1N1CCCC1. The summed E-state index contributed by atoms with van der Waals surface area (Å²) in [6, 6.07) is 1.53. The van der Waals surface area contributed by atoms with Gasteiger partial charge in [0.15, 0.2) is 11.6 Å². The van der Waals surface area contributed by atoms with Crippen LogP contribution >= 0.6 is 0 Å². The molecule has 0 aromatic heterocycles. The zero-order chi connectivity index (χ0) is 16.6. The van der Waals surface area contributed by atoms with Gasteiger partial charge in [-0.2, -0.15) is 0 Å². The summed E-state index contributed by atoms with van der Waals surface area (Å²) >= 11 is 0. The molecule has 2 aliphatic rings. The topological polar surface area (TPSA) is 26.7 Å². The fraction of sp³-hybridized carbons (Fsp3) is 0.647. The van der Waals surface area contributed by atoms with Crippen LogP contribution in [0, 0.1) is 17.5 Å². The molecular formula is C17H23F3N2O. The Kier molecular flexibility index (Phi) is 4.67. The van der Waals surface area contributed by atoms with E-state index in [0.717, 1.165) is 32.0 Å². The Balaban J connectivity index is 1.73. The Labute approximate surface area is 134 Å². The lowest BCUT2D eigenvalue weighted by molar-refractivity contribution is -0.0777. The Morgan fingerprint density at radius 3 is 2.43 bits per heavy atom. The van der Waals surface area contributed by atoms with E-state index in [2.05, 4.69) is 4.90 Å². The molecule has 1 N–H and O–H groups in total. The molecule has 2 saturated heterocycles. The van der Waals surface area contributed by atoms with Crippen LogP contribution in [0.4, 0.5) is 13.2 Å². The minimum absolute atomic E-state index is 0.00731. The summed E-state index contributed by atoms with van der Waals surface area (Å²) in [7, 11) is 0. The van der Waals surface area contributed by atoms with Crippen LogP contribution in [0.1, 0.15) is 31.7 Å². The summed E-state index contributed by atoms with van der Waals surface area (Å²) < 4.78 is 40.2. The second-order valence-corrected chi connectivity index (χ2v) is 6.96. The summed E-state index contributed by atoms with van der Waals surface area (Å²) in [5.41, 5.74) is -0.612. The molecule has 1 aromatic rings. The van der Waals surface area contributed by atoms with Gasteiger partial charge in [0.2, 0.25) is 0 Å². The molecule has 0 bridgehead atoms. The van der Waals surface area contributed by atoms with E-state index in [-0.39, 0.29) is 18.2 Å². The number of likely N-dealkylation sites (tertiary alicyclic amines) is 2. The number of rotatable bonds is 3. The normalized spacial score (nSPS) is 30.0. The molecule has 2 unspecified atom stereocenters. The van der Waals surface area contributed by atoms with E-state index in [1.807, 2.05) is 11.8 Å². The lowest BCUT2D eigenvalue weighted by atomic mass is 9.87. The van der Waals surface area contributed by atoms with Gasteiger partial charge < -0.3 is 5.11 Å². The van der Waals surface area contributed by atoms with Crippen LogP contribution in [-0.4, -0.2) is 52.7 Å². The third kappa shape index (κ3) is 3.54. The van der Waals surface area contributed by atoms with Gasteiger partial charge in [-0.25, -0.2) is 13.2 Å². The van der Waals surface area contributed by atoms with Crippen molar-refractivity contribution in [3.8, 4) is 0 Å². The summed E-state index contributed by atoms with van der Waals surface area (Å²) in [6.07, 6.45) is 2.84. The summed E-state index contributed by atoms with van der Waals surface area (Å²) in [6.45, 7) is 5.22. The fourth-order valence-corrected chi connectivity index (χ4v) is 3.72. The van der Waals surface area contributed by atoms with Gasteiger partial charge in [-0.05, 0) is 45.3 Å². The molecule has 0 amide bonds. The molecule has 2 aliphatic heterocycles. The highest BCUT2D eigenvalue weighted by molar-refractivity contribution is 5.20. The Bertz CT molecular complexity index is 573. The number of hydrogen-bond acceptors (Lipinski definition) is 3. The lowest BCUT2D eigenvalue weighted by Gasteiger charge is -2.46. The second-order valence-electron chi connectivity index (χ2n) is 6.96. The van der Waals surface area contributed by atoms with Crippen LogP contribution in [0.25, 0.3) is 0 Å². The lowest BCUT2D eigenvalue weighted by Crippen LogP contribution is -2.60. The summed E-state index contributed by atoms with van der Waals surface area (Å²) in [5, 5.41) is 10.7. The van der Waals surface area contributed by atoms with E-state index >= 15 is 0 Å². The number of piperidine rings is 1. The van der Waals surface area contributed by atoms with Crippen molar-refractivity contribution in [3.05, 3.63) is 35.1 Å². The van der Waals surface area contributed by atoms with Crippen molar-refractivity contribution < 1.29 is 18.3 Å². The van der Waals surface area contributed by atoms with E-state index in [1.54, 1.807) is 0 Å². The first kappa shape index (κ1) is 16.7. The monoisotopic (exact) mass is 328 g/mol.